The summed E-state index contributed by atoms with van der Waals surface area (Å²) in [5.41, 5.74) is 0. The summed E-state index contributed by atoms with van der Waals surface area (Å²) in [5, 5.41) is 5.77. The third-order valence-electron chi connectivity index (χ3n) is 3.29. The molecule has 16 heteroatoms. The second kappa shape index (κ2) is 22.6. The van der Waals surface area contributed by atoms with Crippen molar-refractivity contribution in [2.45, 2.75) is 27.5 Å². The highest BCUT2D eigenvalue weighted by molar-refractivity contribution is 8.36. The molecule has 0 nitrogen and oxygen atoms in total. The maximum absolute atomic E-state index is 4.54. The first-order chi connectivity index (χ1) is 14.6. The van der Waals surface area contributed by atoms with Crippen LogP contribution in [0.25, 0.3) is 0 Å². The third kappa shape index (κ3) is 14.5. The van der Waals surface area contributed by atoms with Gasteiger partial charge in [0.15, 0.2) is 0 Å². The maximum Gasteiger partial charge on any atom is 0.0967 e. The summed E-state index contributed by atoms with van der Waals surface area (Å²) in [4.78, 5) is 0. The van der Waals surface area contributed by atoms with E-state index in [1.165, 1.54) is 11.5 Å². The Morgan fingerprint density at radius 2 is 1.10 bits per heavy atom. The molecule has 0 aromatic carbocycles. The van der Waals surface area contributed by atoms with Crippen molar-refractivity contribution in [3.63, 3.8) is 0 Å². The third-order valence-corrected chi connectivity index (χ3v) is 21.4. The molecule has 1 fully saturated rings. The van der Waals surface area contributed by atoms with Crippen molar-refractivity contribution in [3.05, 3.63) is 0 Å². The first-order valence-electron chi connectivity index (χ1n) is 8.52. The van der Waals surface area contributed by atoms with Crippen molar-refractivity contribution >= 4 is 193 Å². The number of thiol groups is 6. The fourth-order valence-electron chi connectivity index (χ4n) is 2.13. The zero-order valence-electron chi connectivity index (χ0n) is 15.9. The summed E-state index contributed by atoms with van der Waals surface area (Å²) >= 11 is 46.9. The highest BCUT2D eigenvalue weighted by atomic mass is 32.3. The highest BCUT2D eigenvalue weighted by Gasteiger charge is 2.33. The molecule has 1 aliphatic rings. The summed E-state index contributed by atoms with van der Waals surface area (Å²) in [6.07, 6.45) is 0. The van der Waals surface area contributed by atoms with Crippen molar-refractivity contribution in [3.8, 4) is 0 Å². The van der Waals surface area contributed by atoms with Gasteiger partial charge in [0.05, 0.1) is 22.2 Å². The first kappa shape index (κ1) is 33.6. The lowest BCUT2D eigenvalue weighted by molar-refractivity contribution is 1.16. The van der Waals surface area contributed by atoms with Gasteiger partial charge in [-0.05, 0) is 0 Å². The molecule has 0 saturated carbocycles. The lowest BCUT2D eigenvalue weighted by Crippen LogP contribution is -2.23. The largest absolute Gasteiger partial charge is 0.168 e. The molecule has 0 amide bonds. The van der Waals surface area contributed by atoms with Crippen LogP contribution in [0.4, 0.5) is 0 Å². The number of hydrogen-bond acceptors (Lipinski definition) is 16. The van der Waals surface area contributed by atoms with Crippen LogP contribution in [0.3, 0.4) is 0 Å². The minimum Gasteiger partial charge on any atom is -0.168 e. The van der Waals surface area contributed by atoms with Crippen molar-refractivity contribution in [1.29, 1.82) is 0 Å². The van der Waals surface area contributed by atoms with Gasteiger partial charge in [0.25, 0.3) is 0 Å². The summed E-state index contributed by atoms with van der Waals surface area (Å²) in [6, 6.07) is 0. The molecule has 0 bridgehead atoms. The SMILES string of the molecule is SCSC1SCC(CSC(SC(SCS)C(SCS)SCS)C(SCS)SCS)S1. The van der Waals surface area contributed by atoms with Crippen molar-refractivity contribution in [2.24, 2.45) is 0 Å². The second-order valence-electron chi connectivity index (χ2n) is 5.10. The van der Waals surface area contributed by atoms with Gasteiger partial charge in [-0.2, -0.15) is 75.8 Å². The van der Waals surface area contributed by atoms with Crippen LogP contribution in [0.2, 0.25) is 0 Å². The maximum atomic E-state index is 4.54. The number of hydrogen-bond donors (Lipinski definition) is 6. The molecule has 30 heavy (non-hydrogen) atoms. The topological polar surface area (TPSA) is 0 Å². The summed E-state index contributed by atoms with van der Waals surface area (Å²) in [7, 11) is 0. The lowest BCUT2D eigenvalue weighted by Gasteiger charge is -2.32. The predicted molar refractivity (Wildman–Crippen MR) is 191 cm³/mol. The Labute approximate surface area is 259 Å². The van der Waals surface area contributed by atoms with Gasteiger partial charge in [0.1, 0.15) is 0 Å². The molecule has 180 valence electrons. The van der Waals surface area contributed by atoms with Crippen LogP contribution >= 0.6 is 193 Å². The Bertz CT molecular complexity index is 390. The van der Waals surface area contributed by atoms with Crippen molar-refractivity contribution < 1.29 is 0 Å². The molecule has 0 radical (unpaired) electrons. The van der Waals surface area contributed by atoms with Crippen LogP contribution in [0.1, 0.15) is 0 Å². The minimum atomic E-state index is 0.455. The molecule has 4 atom stereocenters. The number of rotatable bonds is 19. The average Bonchev–Trinajstić information content (AvgIpc) is 3.18. The van der Waals surface area contributed by atoms with Crippen LogP contribution in [-0.2, 0) is 0 Å². The average molecular weight is 709 g/mol. The molecule has 1 saturated heterocycles. The van der Waals surface area contributed by atoms with E-state index in [-0.39, 0.29) is 0 Å². The zero-order chi connectivity index (χ0) is 22.2. The minimum absolute atomic E-state index is 0.455. The molecular formula is C14H28S16. The number of thioether (sulfide) groups is 10. The molecule has 4 unspecified atom stereocenters. The van der Waals surface area contributed by atoms with E-state index in [1.807, 2.05) is 70.6 Å². The van der Waals surface area contributed by atoms with E-state index in [0.717, 1.165) is 30.5 Å². The van der Waals surface area contributed by atoms with Gasteiger partial charge in [-0.25, -0.2) is 0 Å². The quantitative estimate of drug-likeness (QED) is 0.0568. The Kier molecular flexibility index (Phi) is 25.3. The summed E-state index contributed by atoms with van der Waals surface area (Å²) in [5.74, 6) is 2.44. The fourth-order valence-corrected chi connectivity index (χ4v) is 22.0. The van der Waals surface area contributed by atoms with Gasteiger partial charge < -0.3 is 0 Å². The molecule has 1 rings (SSSR count). The molecular weight excluding hydrogens is 681 g/mol. The van der Waals surface area contributed by atoms with Crippen LogP contribution in [0.5, 0.6) is 0 Å². The smallest absolute Gasteiger partial charge is 0.0967 e. The van der Waals surface area contributed by atoms with Crippen molar-refractivity contribution in [2.75, 3.05) is 42.0 Å². The van der Waals surface area contributed by atoms with E-state index in [4.69, 9.17) is 0 Å². The van der Waals surface area contributed by atoms with E-state index in [1.54, 1.807) is 0 Å². The molecule has 1 heterocycles. The monoisotopic (exact) mass is 708 g/mol. The molecule has 0 aromatic rings. The van der Waals surface area contributed by atoms with Crippen LogP contribution in [-0.4, -0.2) is 69.5 Å². The Hall–Kier alpha value is 5.60. The summed E-state index contributed by atoms with van der Waals surface area (Å²) < 4.78 is 2.52. The van der Waals surface area contributed by atoms with Crippen LogP contribution in [0, 0.1) is 0 Å². The standard InChI is InChI=1S/C14H28S16/c15-3-23-10(24-4-16)12(21-1-9-2-22-14(29-9)28-8-20)30-13(27-7-19)11(25-5-17)26-6-18/h9-20H,1-8H2. The molecule has 0 spiro atoms. The summed E-state index contributed by atoms with van der Waals surface area (Å²) in [6.45, 7) is 0. The van der Waals surface area contributed by atoms with Gasteiger partial charge in [-0.15, -0.1) is 118 Å². The van der Waals surface area contributed by atoms with Gasteiger partial charge in [-0.3, -0.25) is 0 Å². The van der Waals surface area contributed by atoms with Crippen molar-refractivity contribution in [1.82, 2.24) is 0 Å². The van der Waals surface area contributed by atoms with Gasteiger partial charge >= 0.3 is 0 Å². The molecule has 1 aliphatic heterocycles. The molecule has 0 N–H and O–H groups in total. The predicted octanol–water partition coefficient (Wildman–Crippen LogP) is 8.61. The van der Waals surface area contributed by atoms with Crippen LogP contribution < -0.4 is 0 Å². The Morgan fingerprint density at radius 3 is 1.57 bits per heavy atom. The van der Waals surface area contributed by atoms with E-state index in [0.29, 0.717) is 27.5 Å². The highest BCUT2D eigenvalue weighted by Crippen LogP contribution is 2.51. The Balaban J connectivity index is 2.83. The van der Waals surface area contributed by atoms with Crippen LogP contribution in [0.15, 0.2) is 0 Å². The van der Waals surface area contributed by atoms with E-state index in [9.17, 15) is 0 Å². The second-order valence-corrected chi connectivity index (χ2v) is 23.4. The normalized spacial score (nSPS) is 21.6. The fraction of sp³-hybridized carbons (Fsp3) is 1.00. The zero-order valence-corrected chi connectivity index (χ0v) is 29.4. The van der Waals surface area contributed by atoms with E-state index < -0.39 is 0 Å². The Morgan fingerprint density at radius 1 is 0.633 bits per heavy atom. The molecule has 0 aliphatic carbocycles. The van der Waals surface area contributed by atoms with E-state index >= 15 is 0 Å². The van der Waals surface area contributed by atoms with Gasteiger partial charge in [0.2, 0.25) is 0 Å². The first-order valence-corrected chi connectivity index (χ1v) is 22.6. The lowest BCUT2D eigenvalue weighted by atomic mass is 10.5. The van der Waals surface area contributed by atoms with Gasteiger partial charge in [0, 0.05) is 47.3 Å². The van der Waals surface area contributed by atoms with E-state index in [2.05, 4.69) is 123 Å². The van der Waals surface area contributed by atoms with Gasteiger partial charge in [-0.1, -0.05) is 0 Å². The molecule has 0 aromatic heterocycles.